The van der Waals surface area contributed by atoms with Crippen LogP contribution in [0.3, 0.4) is 0 Å². The third kappa shape index (κ3) is 4.07. The average Bonchev–Trinajstić information content (AvgIpc) is 2.43. The molecule has 0 heterocycles. The van der Waals surface area contributed by atoms with Gasteiger partial charge < -0.3 is 15.2 Å². The molecule has 2 rings (SSSR count). The minimum Gasteiger partial charge on any atom is -0.481 e. The molecule has 1 fully saturated rings. The topological polar surface area (TPSA) is 92.7 Å². The first-order valence-electron chi connectivity index (χ1n) is 7.19. The van der Waals surface area contributed by atoms with Crippen LogP contribution in [0.4, 0.5) is 5.69 Å². The van der Waals surface area contributed by atoms with Crippen molar-refractivity contribution in [3.05, 3.63) is 29.8 Å². The Bertz CT molecular complexity index is 578. The number of benzene rings is 1. The van der Waals surface area contributed by atoms with Gasteiger partial charge in [0, 0.05) is 18.0 Å². The highest BCUT2D eigenvalue weighted by Crippen LogP contribution is 2.34. The Hall–Kier alpha value is -2.37. The number of carbonyl (C=O) groups excluding carboxylic acids is 2. The summed E-state index contributed by atoms with van der Waals surface area (Å²) >= 11 is 0. The number of hydrogen-bond donors (Lipinski definition) is 2. The van der Waals surface area contributed by atoms with Crippen molar-refractivity contribution < 1.29 is 24.2 Å². The summed E-state index contributed by atoms with van der Waals surface area (Å²) in [6.07, 6.45) is 1.62. The van der Waals surface area contributed by atoms with Gasteiger partial charge in [0.05, 0.1) is 13.0 Å². The summed E-state index contributed by atoms with van der Waals surface area (Å²) in [5, 5.41) is 11.6. The fourth-order valence-corrected chi connectivity index (χ4v) is 2.43. The summed E-state index contributed by atoms with van der Waals surface area (Å²) in [4.78, 5) is 33.9. The van der Waals surface area contributed by atoms with E-state index in [9.17, 15) is 14.4 Å². The molecule has 0 bridgehead atoms. The fraction of sp³-hybridized carbons (Fsp3) is 0.438. The lowest BCUT2D eigenvalue weighted by molar-refractivity contribution is -0.147. The smallest absolute Gasteiger partial charge is 0.306 e. The van der Waals surface area contributed by atoms with Crippen LogP contribution in [-0.4, -0.2) is 30.1 Å². The SMILES string of the molecule is COC(=O)CCc1cccc(NC(=O)C2CC(C(=O)O)C2)c1. The molecule has 22 heavy (non-hydrogen) atoms. The highest BCUT2D eigenvalue weighted by atomic mass is 16.5. The van der Waals surface area contributed by atoms with Crippen LogP contribution < -0.4 is 5.32 Å². The number of anilines is 1. The molecule has 0 atom stereocenters. The quantitative estimate of drug-likeness (QED) is 0.782. The summed E-state index contributed by atoms with van der Waals surface area (Å²) < 4.78 is 4.59. The van der Waals surface area contributed by atoms with Crippen molar-refractivity contribution in [1.82, 2.24) is 0 Å². The molecule has 1 aliphatic carbocycles. The van der Waals surface area contributed by atoms with Gasteiger partial charge in [0.2, 0.25) is 5.91 Å². The van der Waals surface area contributed by atoms with E-state index in [-0.39, 0.29) is 24.2 Å². The number of nitrogens with one attached hydrogen (secondary N) is 1. The van der Waals surface area contributed by atoms with Crippen LogP contribution >= 0.6 is 0 Å². The van der Waals surface area contributed by atoms with E-state index in [2.05, 4.69) is 10.1 Å². The second-order valence-electron chi connectivity index (χ2n) is 5.47. The fourth-order valence-electron chi connectivity index (χ4n) is 2.43. The number of carboxylic acids is 1. The molecule has 2 N–H and O–H groups in total. The Morgan fingerprint density at radius 3 is 2.64 bits per heavy atom. The molecule has 0 aromatic heterocycles. The Kier molecular flexibility index (Phi) is 5.14. The number of amides is 1. The van der Waals surface area contributed by atoms with Gasteiger partial charge in [-0.15, -0.1) is 0 Å². The third-order valence-electron chi connectivity index (χ3n) is 3.90. The zero-order chi connectivity index (χ0) is 16.1. The highest BCUT2D eigenvalue weighted by Gasteiger charge is 2.38. The molecule has 6 nitrogen and oxygen atoms in total. The van der Waals surface area contributed by atoms with Crippen LogP contribution in [0.2, 0.25) is 0 Å². The molecule has 1 aromatic rings. The van der Waals surface area contributed by atoms with Gasteiger partial charge >= 0.3 is 11.9 Å². The molecule has 1 amide bonds. The van der Waals surface area contributed by atoms with Crippen molar-refractivity contribution in [2.45, 2.75) is 25.7 Å². The molecule has 0 saturated heterocycles. The maximum Gasteiger partial charge on any atom is 0.306 e. The summed E-state index contributed by atoms with van der Waals surface area (Å²) in [7, 11) is 1.35. The van der Waals surface area contributed by atoms with Gasteiger partial charge in [-0.25, -0.2) is 0 Å². The van der Waals surface area contributed by atoms with Crippen LogP contribution in [0.25, 0.3) is 0 Å². The van der Waals surface area contributed by atoms with Crippen molar-refractivity contribution in [1.29, 1.82) is 0 Å². The Labute approximate surface area is 128 Å². The molecular formula is C16H19NO5. The van der Waals surface area contributed by atoms with E-state index in [0.717, 1.165) is 5.56 Å². The Balaban J connectivity index is 1.86. The summed E-state index contributed by atoms with van der Waals surface area (Å²) in [5.41, 5.74) is 1.59. The number of esters is 1. The number of hydrogen-bond acceptors (Lipinski definition) is 4. The lowest BCUT2D eigenvalue weighted by Crippen LogP contribution is -2.38. The first-order chi connectivity index (χ1) is 10.5. The number of rotatable bonds is 6. The van der Waals surface area contributed by atoms with Crippen LogP contribution in [0, 0.1) is 11.8 Å². The van der Waals surface area contributed by atoms with Gasteiger partial charge in [-0.1, -0.05) is 12.1 Å². The number of ether oxygens (including phenoxy) is 1. The number of aliphatic carboxylic acids is 1. The van der Waals surface area contributed by atoms with Gasteiger partial charge in [-0.2, -0.15) is 0 Å². The molecule has 0 unspecified atom stereocenters. The van der Waals surface area contributed by atoms with Crippen molar-refractivity contribution >= 4 is 23.5 Å². The molecule has 118 valence electrons. The summed E-state index contributed by atoms with van der Waals surface area (Å²) in [6.45, 7) is 0. The van der Waals surface area contributed by atoms with Crippen molar-refractivity contribution in [2.75, 3.05) is 12.4 Å². The van der Waals surface area contributed by atoms with E-state index in [4.69, 9.17) is 5.11 Å². The van der Waals surface area contributed by atoms with Crippen molar-refractivity contribution in [3.8, 4) is 0 Å². The van der Waals surface area contributed by atoms with E-state index in [1.807, 2.05) is 18.2 Å². The third-order valence-corrected chi connectivity index (χ3v) is 3.90. The standard InChI is InChI=1S/C16H19NO5/c1-22-14(18)6-5-10-3-2-4-13(7-10)17-15(19)11-8-12(9-11)16(20)21/h2-4,7,11-12H,5-6,8-9H2,1H3,(H,17,19)(H,20,21). The molecule has 1 aromatic carbocycles. The minimum absolute atomic E-state index is 0.150. The molecule has 0 radical (unpaired) electrons. The average molecular weight is 305 g/mol. The van der Waals surface area contributed by atoms with Crippen LogP contribution in [-0.2, 0) is 25.5 Å². The maximum atomic E-state index is 12.0. The zero-order valence-corrected chi connectivity index (χ0v) is 12.4. The van der Waals surface area contributed by atoms with Gasteiger partial charge in [0.25, 0.3) is 0 Å². The lowest BCUT2D eigenvalue weighted by Gasteiger charge is -2.30. The normalized spacial score (nSPS) is 19.9. The predicted octanol–water partition coefficient (Wildman–Crippen LogP) is 1.84. The van der Waals surface area contributed by atoms with Gasteiger partial charge in [-0.05, 0) is 37.0 Å². The first-order valence-corrected chi connectivity index (χ1v) is 7.19. The van der Waals surface area contributed by atoms with E-state index in [1.165, 1.54) is 7.11 Å². The van der Waals surface area contributed by atoms with Gasteiger partial charge in [0.15, 0.2) is 0 Å². The Morgan fingerprint density at radius 1 is 1.27 bits per heavy atom. The largest absolute Gasteiger partial charge is 0.481 e. The predicted molar refractivity (Wildman–Crippen MR) is 79.3 cm³/mol. The van der Waals surface area contributed by atoms with Crippen molar-refractivity contribution in [3.63, 3.8) is 0 Å². The van der Waals surface area contributed by atoms with E-state index in [0.29, 0.717) is 24.9 Å². The zero-order valence-electron chi connectivity index (χ0n) is 12.4. The van der Waals surface area contributed by atoms with Crippen molar-refractivity contribution in [2.24, 2.45) is 11.8 Å². The van der Waals surface area contributed by atoms with E-state index >= 15 is 0 Å². The molecule has 1 aliphatic rings. The first kappa shape index (κ1) is 16.0. The molecule has 1 saturated carbocycles. The number of aryl methyl sites for hydroxylation is 1. The van der Waals surface area contributed by atoms with Crippen LogP contribution in [0.5, 0.6) is 0 Å². The summed E-state index contributed by atoms with van der Waals surface area (Å²) in [5.74, 6) is -1.90. The highest BCUT2D eigenvalue weighted by molar-refractivity contribution is 5.94. The number of carbonyl (C=O) groups is 3. The van der Waals surface area contributed by atoms with E-state index in [1.54, 1.807) is 6.07 Å². The molecule has 0 spiro atoms. The van der Waals surface area contributed by atoms with Gasteiger partial charge in [-0.3, -0.25) is 14.4 Å². The van der Waals surface area contributed by atoms with Crippen LogP contribution in [0.1, 0.15) is 24.8 Å². The second kappa shape index (κ2) is 7.06. The summed E-state index contributed by atoms with van der Waals surface area (Å²) in [6, 6.07) is 7.27. The van der Waals surface area contributed by atoms with E-state index < -0.39 is 11.9 Å². The molecular weight excluding hydrogens is 286 g/mol. The second-order valence-corrected chi connectivity index (χ2v) is 5.47. The lowest BCUT2D eigenvalue weighted by atomic mass is 9.74. The molecule has 0 aliphatic heterocycles. The monoisotopic (exact) mass is 305 g/mol. The minimum atomic E-state index is -0.839. The number of methoxy groups -OCH3 is 1. The van der Waals surface area contributed by atoms with Gasteiger partial charge in [0.1, 0.15) is 0 Å². The number of carboxylic acid groups (broad SMARTS) is 1. The molecule has 6 heteroatoms. The maximum absolute atomic E-state index is 12.0. The Morgan fingerprint density at radius 2 is 2.00 bits per heavy atom. The van der Waals surface area contributed by atoms with Crippen LogP contribution in [0.15, 0.2) is 24.3 Å².